The predicted molar refractivity (Wildman–Crippen MR) is 117 cm³/mol. The highest BCUT2D eigenvalue weighted by Crippen LogP contribution is 2.17. The van der Waals surface area contributed by atoms with Crippen LogP contribution in [0.25, 0.3) is 0 Å². The molecule has 0 aliphatic carbocycles. The number of nitrogens with one attached hydrogen (secondary N) is 2. The van der Waals surface area contributed by atoms with Gasteiger partial charge in [-0.2, -0.15) is 0 Å². The minimum Gasteiger partial charge on any atom is -0.326 e. The second kappa shape index (κ2) is 9.94. The van der Waals surface area contributed by atoms with Crippen LogP contribution >= 0.6 is 0 Å². The van der Waals surface area contributed by atoms with Crippen molar-refractivity contribution in [1.82, 2.24) is 0 Å². The molecule has 0 aromatic heterocycles. The third-order valence-corrected chi connectivity index (χ3v) is 4.48. The molecule has 10 nitrogen and oxygen atoms in total. The highest BCUT2D eigenvalue weighted by molar-refractivity contribution is 5.94. The highest BCUT2D eigenvalue weighted by atomic mass is 16.6. The van der Waals surface area contributed by atoms with Gasteiger partial charge in [0.15, 0.2) is 0 Å². The van der Waals surface area contributed by atoms with E-state index in [4.69, 9.17) is 0 Å². The number of hydrogen-bond acceptors (Lipinski definition) is 6. The van der Waals surface area contributed by atoms with Gasteiger partial charge in [0.1, 0.15) is 0 Å². The zero-order valence-corrected chi connectivity index (χ0v) is 16.7. The van der Waals surface area contributed by atoms with Crippen molar-refractivity contribution in [2.45, 2.75) is 12.8 Å². The maximum atomic E-state index is 12.2. The number of amides is 2. The van der Waals surface area contributed by atoms with E-state index in [1.165, 1.54) is 48.5 Å². The molecule has 0 spiro atoms. The van der Waals surface area contributed by atoms with Gasteiger partial charge >= 0.3 is 0 Å². The molecule has 3 aromatic carbocycles. The number of anilines is 2. The second-order valence-electron chi connectivity index (χ2n) is 6.87. The van der Waals surface area contributed by atoms with Crippen LogP contribution in [0.15, 0.2) is 72.8 Å². The van der Waals surface area contributed by atoms with Gasteiger partial charge in [0.25, 0.3) is 11.4 Å². The minimum atomic E-state index is -0.504. The largest absolute Gasteiger partial charge is 0.326 e. The third kappa shape index (κ3) is 6.20. The number of nitro groups is 2. The zero-order valence-electron chi connectivity index (χ0n) is 16.7. The average molecular weight is 434 g/mol. The molecule has 0 heterocycles. The first-order valence-electron chi connectivity index (χ1n) is 9.46. The first-order valence-corrected chi connectivity index (χ1v) is 9.46. The molecule has 0 aliphatic rings. The molecule has 0 saturated carbocycles. The molecule has 2 amide bonds. The number of carbonyl (C=O) groups excluding carboxylic acids is 2. The van der Waals surface area contributed by atoms with Crippen molar-refractivity contribution in [1.29, 1.82) is 0 Å². The molecule has 162 valence electrons. The molecule has 32 heavy (non-hydrogen) atoms. The lowest BCUT2D eigenvalue weighted by molar-refractivity contribution is -0.385. The van der Waals surface area contributed by atoms with Crippen LogP contribution in [0.4, 0.5) is 22.7 Å². The van der Waals surface area contributed by atoms with Crippen molar-refractivity contribution in [3.05, 3.63) is 104 Å². The van der Waals surface area contributed by atoms with E-state index >= 15 is 0 Å². The van der Waals surface area contributed by atoms with E-state index in [0.29, 0.717) is 22.5 Å². The zero-order chi connectivity index (χ0) is 23.1. The van der Waals surface area contributed by atoms with Crippen LogP contribution in [0.1, 0.15) is 11.1 Å². The Labute approximate surface area is 182 Å². The van der Waals surface area contributed by atoms with Crippen LogP contribution in [0.3, 0.4) is 0 Å². The number of hydrogen-bond donors (Lipinski definition) is 2. The number of carbonyl (C=O) groups is 2. The number of nitro benzene ring substituents is 2. The van der Waals surface area contributed by atoms with Gasteiger partial charge in [-0.05, 0) is 35.4 Å². The van der Waals surface area contributed by atoms with Gasteiger partial charge in [-0.3, -0.25) is 29.8 Å². The second-order valence-corrected chi connectivity index (χ2v) is 6.87. The smallest absolute Gasteiger partial charge is 0.269 e. The molecule has 0 fully saturated rings. The molecule has 0 aliphatic heterocycles. The lowest BCUT2D eigenvalue weighted by Crippen LogP contribution is -2.15. The van der Waals surface area contributed by atoms with Crippen molar-refractivity contribution in [3.8, 4) is 0 Å². The van der Waals surface area contributed by atoms with E-state index in [1.54, 1.807) is 24.3 Å². The van der Waals surface area contributed by atoms with E-state index in [2.05, 4.69) is 10.6 Å². The molecule has 0 unspecified atom stereocenters. The standard InChI is InChI=1S/C22H18N4O6/c27-21(13-15-1-9-19(10-2-15)25(29)30)23-17-5-7-18(8-6-17)24-22(28)14-16-3-11-20(12-4-16)26(31)32/h1-12H,13-14H2,(H,23,27)(H,24,28). The average Bonchev–Trinajstić information content (AvgIpc) is 2.76. The van der Waals surface area contributed by atoms with Gasteiger partial charge in [-0.1, -0.05) is 24.3 Å². The van der Waals surface area contributed by atoms with Crippen LogP contribution in [0.5, 0.6) is 0 Å². The molecule has 3 aromatic rings. The van der Waals surface area contributed by atoms with Gasteiger partial charge in [-0.15, -0.1) is 0 Å². The molecule has 10 heteroatoms. The summed E-state index contributed by atoms with van der Waals surface area (Å²) in [5, 5.41) is 26.8. The summed E-state index contributed by atoms with van der Waals surface area (Å²) in [5.41, 5.74) is 2.27. The maximum Gasteiger partial charge on any atom is 0.269 e. The van der Waals surface area contributed by atoms with Gasteiger partial charge in [0.2, 0.25) is 11.8 Å². The van der Waals surface area contributed by atoms with Gasteiger partial charge in [0.05, 0.1) is 22.7 Å². The summed E-state index contributed by atoms with van der Waals surface area (Å²) in [4.78, 5) is 44.7. The van der Waals surface area contributed by atoms with E-state index in [1.807, 2.05) is 0 Å². The van der Waals surface area contributed by atoms with Crippen molar-refractivity contribution in [3.63, 3.8) is 0 Å². The van der Waals surface area contributed by atoms with E-state index in [-0.39, 0.29) is 36.0 Å². The Morgan fingerprint density at radius 1 is 0.594 bits per heavy atom. The summed E-state index contributed by atoms with van der Waals surface area (Å²) in [6.07, 6.45) is 0.122. The fourth-order valence-electron chi connectivity index (χ4n) is 2.89. The van der Waals surface area contributed by atoms with Crippen molar-refractivity contribution < 1.29 is 19.4 Å². The summed E-state index contributed by atoms with van der Waals surface area (Å²) < 4.78 is 0. The molecule has 2 N–H and O–H groups in total. The van der Waals surface area contributed by atoms with Gasteiger partial charge in [0, 0.05) is 35.6 Å². The fraction of sp³-hybridized carbons (Fsp3) is 0.0909. The Morgan fingerprint density at radius 3 is 1.19 bits per heavy atom. The highest BCUT2D eigenvalue weighted by Gasteiger charge is 2.10. The Morgan fingerprint density at radius 2 is 0.906 bits per heavy atom. The minimum absolute atomic E-state index is 0.0413. The van der Waals surface area contributed by atoms with Crippen LogP contribution in [0, 0.1) is 20.2 Å². The lowest BCUT2D eigenvalue weighted by Gasteiger charge is -2.08. The van der Waals surface area contributed by atoms with E-state index < -0.39 is 9.85 Å². The normalized spacial score (nSPS) is 10.2. The predicted octanol–water partition coefficient (Wildman–Crippen LogP) is 3.87. The fourth-order valence-corrected chi connectivity index (χ4v) is 2.89. The van der Waals surface area contributed by atoms with E-state index in [9.17, 15) is 29.8 Å². The maximum absolute atomic E-state index is 12.2. The summed E-state index contributed by atoms with van der Waals surface area (Å²) in [7, 11) is 0. The first-order chi connectivity index (χ1) is 15.3. The van der Waals surface area contributed by atoms with Crippen LogP contribution in [-0.4, -0.2) is 21.7 Å². The summed E-state index contributed by atoms with van der Waals surface area (Å²) in [6.45, 7) is 0. The van der Waals surface area contributed by atoms with Crippen molar-refractivity contribution >= 4 is 34.6 Å². The van der Waals surface area contributed by atoms with Crippen LogP contribution in [0.2, 0.25) is 0 Å². The Balaban J connectivity index is 1.50. The SMILES string of the molecule is O=C(Cc1ccc([N+](=O)[O-])cc1)Nc1ccc(NC(=O)Cc2ccc([N+](=O)[O-])cc2)cc1. The molecular weight excluding hydrogens is 416 g/mol. The number of non-ortho nitro benzene ring substituents is 2. The number of nitrogens with zero attached hydrogens (tertiary/aromatic N) is 2. The summed E-state index contributed by atoms with van der Waals surface area (Å²) >= 11 is 0. The third-order valence-electron chi connectivity index (χ3n) is 4.48. The molecule has 0 atom stereocenters. The first kappa shape index (κ1) is 22.1. The molecular formula is C22H18N4O6. The molecule has 0 radical (unpaired) electrons. The molecule has 3 rings (SSSR count). The summed E-state index contributed by atoms with van der Waals surface area (Å²) in [5.74, 6) is -0.567. The van der Waals surface area contributed by atoms with Crippen LogP contribution in [-0.2, 0) is 22.4 Å². The summed E-state index contributed by atoms with van der Waals surface area (Å²) in [6, 6.07) is 18.0. The Kier molecular flexibility index (Phi) is 6.86. The van der Waals surface area contributed by atoms with Crippen LogP contribution < -0.4 is 10.6 Å². The van der Waals surface area contributed by atoms with Gasteiger partial charge in [-0.25, -0.2) is 0 Å². The lowest BCUT2D eigenvalue weighted by atomic mass is 10.1. The van der Waals surface area contributed by atoms with Gasteiger partial charge < -0.3 is 10.6 Å². The number of rotatable bonds is 8. The number of benzene rings is 3. The Bertz CT molecular complexity index is 1050. The molecule has 0 saturated heterocycles. The van der Waals surface area contributed by atoms with Crippen molar-refractivity contribution in [2.24, 2.45) is 0 Å². The topological polar surface area (TPSA) is 144 Å². The molecule has 0 bridgehead atoms. The Hall–Kier alpha value is -4.60. The van der Waals surface area contributed by atoms with E-state index in [0.717, 1.165) is 0 Å². The van der Waals surface area contributed by atoms with Crippen molar-refractivity contribution in [2.75, 3.05) is 10.6 Å². The monoisotopic (exact) mass is 434 g/mol. The quantitative estimate of drug-likeness (QED) is 0.407.